The highest BCUT2D eigenvalue weighted by molar-refractivity contribution is 5.91. The lowest BCUT2D eigenvalue weighted by Gasteiger charge is -2.27. The molecule has 0 saturated carbocycles. The molecule has 2 aromatic rings. The Bertz CT molecular complexity index is 558. The summed E-state index contributed by atoms with van der Waals surface area (Å²) in [7, 11) is 1.65. The molecule has 0 aliphatic rings. The number of hydrogen-bond donors (Lipinski definition) is 2. The highest BCUT2D eigenvalue weighted by Crippen LogP contribution is 2.34. The molecule has 2 aromatic carbocycles. The molecule has 3 heteroatoms. The molecule has 0 aliphatic carbocycles. The van der Waals surface area contributed by atoms with Crippen molar-refractivity contribution in [2.75, 3.05) is 7.11 Å². The fraction of sp³-hybridized carbons (Fsp3) is 0.333. The summed E-state index contributed by atoms with van der Waals surface area (Å²) in [6.07, 6.45) is 0. The van der Waals surface area contributed by atoms with Gasteiger partial charge in [-0.25, -0.2) is 0 Å². The molecule has 0 aromatic heterocycles. The summed E-state index contributed by atoms with van der Waals surface area (Å²) in [5.41, 5.74) is 6.11. The Morgan fingerprint density at radius 2 is 1.72 bits per heavy atom. The first-order valence-electron chi connectivity index (χ1n) is 5.98. The van der Waals surface area contributed by atoms with E-state index in [4.69, 9.17) is 10.5 Å². The van der Waals surface area contributed by atoms with Gasteiger partial charge in [-0.2, -0.15) is 0 Å². The van der Waals surface area contributed by atoms with E-state index in [1.165, 1.54) is 0 Å². The molecule has 3 nitrogen and oxygen atoms in total. The zero-order valence-corrected chi connectivity index (χ0v) is 11.0. The highest BCUT2D eigenvalue weighted by Gasteiger charge is 2.26. The van der Waals surface area contributed by atoms with E-state index in [1.54, 1.807) is 21.0 Å². The minimum Gasteiger partial charge on any atom is -0.496 e. The Balaban J connectivity index is 2.67. The van der Waals surface area contributed by atoms with E-state index < -0.39 is 11.6 Å². The quantitative estimate of drug-likeness (QED) is 0.874. The van der Waals surface area contributed by atoms with Crippen molar-refractivity contribution in [2.45, 2.75) is 25.5 Å². The molecule has 0 spiro atoms. The van der Waals surface area contributed by atoms with Crippen molar-refractivity contribution in [1.82, 2.24) is 0 Å². The third-order valence-corrected chi connectivity index (χ3v) is 3.23. The first-order chi connectivity index (χ1) is 8.45. The van der Waals surface area contributed by atoms with E-state index >= 15 is 0 Å². The average molecular weight is 245 g/mol. The number of methoxy groups -OCH3 is 1. The van der Waals surface area contributed by atoms with Crippen molar-refractivity contribution < 1.29 is 9.84 Å². The van der Waals surface area contributed by atoms with E-state index in [-0.39, 0.29) is 0 Å². The summed E-state index contributed by atoms with van der Waals surface area (Å²) in [5, 5.41) is 12.1. The smallest absolute Gasteiger partial charge is 0.126 e. The molecule has 0 radical (unpaired) electrons. The topological polar surface area (TPSA) is 55.5 Å². The van der Waals surface area contributed by atoms with Crippen molar-refractivity contribution in [3.63, 3.8) is 0 Å². The van der Waals surface area contributed by atoms with Crippen molar-refractivity contribution in [1.29, 1.82) is 0 Å². The van der Waals surface area contributed by atoms with Crippen LogP contribution >= 0.6 is 0 Å². The molecule has 18 heavy (non-hydrogen) atoms. The van der Waals surface area contributed by atoms with Crippen LogP contribution in [-0.2, 0) is 0 Å². The normalized spacial score (nSPS) is 13.6. The lowest BCUT2D eigenvalue weighted by molar-refractivity contribution is 0.0522. The van der Waals surface area contributed by atoms with Crippen LogP contribution in [0.1, 0.15) is 25.5 Å². The number of aliphatic hydroxyl groups is 1. The summed E-state index contributed by atoms with van der Waals surface area (Å²) in [5.74, 6) is 0.817. The van der Waals surface area contributed by atoms with Crippen LogP contribution in [0.3, 0.4) is 0 Å². The van der Waals surface area contributed by atoms with Gasteiger partial charge in [0, 0.05) is 5.39 Å². The highest BCUT2D eigenvalue weighted by atomic mass is 16.5. The molecule has 0 saturated heterocycles. The van der Waals surface area contributed by atoms with Gasteiger partial charge in [0.1, 0.15) is 5.75 Å². The van der Waals surface area contributed by atoms with Gasteiger partial charge in [-0.05, 0) is 30.9 Å². The maximum atomic E-state index is 10.1. The van der Waals surface area contributed by atoms with E-state index in [9.17, 15) is 5.11 Å². The third kappa shape index (κ3) is 2.19. The SMILES string of the molecule is COc1ccc(C(N)C(C)(C)O)c2ccccc12. The first-order valence-corrected chi connectivity index (χ1v) is 5.98. The maximum absolute atomic E-state index is 10.1. The molecule has 1 atom stereocenters. The molecule has 96 valence electrons. The molecular formula is C15H19NO2. The third-order valence-electron chi connectivity index (χ3n) is 3.23. The van der Waals surface area contributed by atoms with Crippen LogP contribution in [0.15, 0.2) is 36.4 Å². The summed E-state index contributed by atoms with van der Waals surface area (Å²) in [6.45, 7) is 3.44. The summed E-state index contributed by atoms with van der Waals surface area (Å²) in [4.78, 5) is 0. The number of hydrogen-bond acceptors (Lipinski definition) is 3. The second kappa shape index (κ2) is 4.59. The van der Waals surface area contributed by atoms with E-state index in [0.717, 1.165) is 22.1 Å². The predicted molar refractivity (Wildman–Crippen MR) is 73.7 cm³/mol. The zero-order valence-electron chi connectivity index (χ0n) is 11.0. The number of fused-ring (bicyclic) bond motifs is 1. The lowest BCUT2D eigenvalue weighted by atomic mass is 9.89. The lowest BCUT2D eigenvalue weighted by Crippen LogP contribution is -2.35. The van der Waals surface area contributed by atoms with E-state index in [1.807, 2.05) is 36.4 Å². The van der Waals surface area contributed by atoms with Crippen molar-refractivity contribution in [2.24, 2.45) is 5.73 Å². The standard InChI is InChI=1S/C15H19NO2/c1-15(2,17)14(16)12-8-9-13(18-3)11-7-5-4-6-10(11)12/h4-9,14,17H,16H2,1-3H3. The molecule has 1 unspecified atom stereocenters. The Morgan fingerprint density at radius 1 is 1.11 bits per heavy atom. The Kier molecular flexibility index (Phi) is 3.28. The van der Waals surface area contributed by atoms with Crippen molar-refractivity contribution >= 4 is 10.8 Å². The van der Waals surface area contributed by atoms with Gasteiger partial charge in [-0.1, -0.05) is 30.3 Å². The summed E-state index contributed by atoms with van der Waals surface area (Å²) in [6, 6.07) is 11.3. The largest absolute Gasteiger partial charge is 0.496 e. The van der Waals surface area contributed by atoms with Crippen molar-refractivity contribution in [3.05, 3.63) is 42.0 Å². The van der Waals surface area contributed by atoms with Crippen LogP contribution in [0.4, 0.5) is 0 Å². The predicted octanol–water partition coefficient (Wildman–Crippen LogP) is 2.62. The van der Waals surface area contributed by atoms with Gasteiger partial charge in [0.15, 0.2) is 0 Å². The molecule has 0 bridgehead atoms. The average Bonchev–Trinajstić information content (AvgIpc) is 2.35. The fourth-order valence-electron chi connectivity index (χ4n) is 2.12. The van der Waals surface area contributed by atoms with Crippen LogP contribution < -0.4 is 10.5 Å². The molecular weight excluding hydrogens is 226 g/mol. The second-order valence-corrected chi connectivity index (χ2v) is 5.03. The van der Waals surface area contributed by atoms with Crippen LogP contribution in [0.2, 0.25) is 0 Å². The maximum Gasteiger partial charge on any atom is 0.126 e. The van der Waals surface area contributed by atoms with Gasteiger partial charge >= 0.3 is 0 Å². The van der Waals surface area contributed by atoms with Gasteiger partial charge in [-0.15, -0.1) is 0 Å². The minimum absolute atomic E-state index is 0.437. The number of nitrogens with two attached hydrogens (primary N) is 1. The van der Waals surface area contributed by atoms with Crippen LogP contribution in [0.25, 0.3) is 10.8 Å². The Hall–Kier alpha value is -1.58. The van der Waals surface area contributed by atoms with Crippen molar-refractivity contribution in [3.8, 4) is 5.75 Å². The number of rotatable bonds is 3. The van der Waals surface area contributed by atoms with Gasteiger partial charge < -0.3 is 15.6 Å². The van der Waals surface area contributed by atoms with Gasteiger partial charge in [0.2, 0.25) is 0 Å². The van der Waals surface area contributed by atoms with Gasteiger partial charge in [0.05, 0.1) is 18.8 Å². The molecule has 2 rings (SSSR count). The monoisotopic (exact) mass is 245 g/mol. The Labute approximate surface area is 107 Å². The molecule has 0 aliphatic heterocycles. The number of benzene rings is 2. The van der Waals surface area contributed by atoms with Gasteiger partial charge in [-0.3, -0.25) is 0 Å². The molecule has 0 fully saturated rings. The van der Waals surface area contributed by atoms with Crippen LogP contribution in [-0.4, -0.2) is 17.8 Å². The first kappa shape index (κ1) is 12.9. The zero-order chi connectivity index (χ0) is 13.3. The second-order valence-electron chi connectivity index (χ2n) is 5.03. The summed E-state index contributed by atoms with van der Waals surface area (Å²) >= 11 is 0. The van der Waals surface area contributed by atoms with Gasteiger partial charge in [0.25, 0.3) is 0 Å². The number of ether oxygens (including phenoxy) is 1. The molecule has 0 heterocycles. The fourth-order valence-corrected chi connectivity index (χ4v) is 2.12. The minimum atomic E-state index is -0.961. The Morgan fingerprint density at radius 3 is 2.28 bits per heavy atom. The van der Waals surface area contributed by atoms with E-state index in [2.05, 4.69) is 0 Å². The molecule has 3 N–H and O–H groups in total. The van der Waals surface area contributed by atoms with E-state index in [0.29, 0.717) is 0 Å². The van der Waals surface area contributed by atoms with Crippen LogP contribution in [0, 0.1) is 0 Å². The van der Waals surface area contributed by atoms with Crippen LogP contribution in [0.5, 0.6) is 5.75 Å². The molecule has 0 amide bonds. The summed E-state index contributed by atoms with van der Waals surface area (Å²) < 4.78 is 5.34.